The molecule has 0 aromatic carbocycles. The van der Waals surface area contributed by atoms with Crippen LogP contribution in [0.15, 0.2) is 12.2 Å². The molecule has 2 aliphatic rings. The van der Waals surface area contributed by atoms with Crippen molar-refractivity contribution in [3.8, 4) is 0 Å². The van der Waals surface area contributed by atoms with E-state index >= 15 is 0 Å². The Kier molecular flexibility index (Phi) is 2.83. The van der Waals surface area contributed by atoms with Gasteiger partial charge in [-0.25, -0.2) is 0 Å². The van der Waals surface area contributed by atoms with Gasteiger partial charge in [-0.05, 0) is 44.3 Å². The quantitative estimate of drug-likeness (QED) is 0.519. The van der Waals surface area contributed by atoms with E-state index in [0.29, 0.717) is 12.1 Å². The fraction of sp³-hybridized carbons (Fsp3) is 0.700. The number of rotatable bonds is 2. The Morgan fingerprint density at radius 2 is 2.08 bits per heavy atom. The Labute approximate surface area is 84.8 Å². The van der Waals surface area contributed by atoms with E-state index in [2.05, 4.69) is 22.8 Å². The molecule has 0 bridgehead atoms. The lowest BCUT2D eigenvalue weighted by atomic mass is 10.0. The molecule has 0 heterocycles. The lowest BCUT2D eigenvalue weighted by Gasteiger charge is -2.20. The zero-order valence-electron chi connectivity index (χ0n) is 7.75. The van der Waals surface area contributed by atoms with Crippen molar-refractivity contribution >= 4 is 17.3 Å². The van der Waals surface area contributed by atoms with E-state index in [0.717, 1.165) is 5.11 Å². The maximum Gasteiger partial charge on any atom is 0.166 e. The first-order chi connectivity index (χ1) is 6.34. The van der Waals surface area contributed by atoms with Crippen LogP contribution in [0.5, 0.6) is 0 Å². The third-order valence-corrected chi connectivity index (χ3v) is 2.72. The van der Waals surface area contributed by atoms with Gasteiger partial charge in [0.1, 0.15) is 0 Å². The SMILES string of the molecule is S=C(NC1C=CCCC1)NC1CC1. The first kappa shape index (κ1) is 9.00. The van der Waals surface area contributed by atoms with E-state index in [1.807, 2.05) is 0 Å². The molecule has 2 nitrogen and oxygen atoms in total. The molecule has 72 valence electrons. The van der Waals surface area contributed by atoms with Crippen LogP contribution in [0, 0.1) is 0 Å². The number of thiocarbonyl (C=S) groups is 1. The fourth-order valence-corrected chi connectivity index (χ4v) is 1.87. The molecule has 0 saturated heterocycles. The molecular formula is C10H16N2S. The van der Waals surface area contributed by atoms with E-state index in [-0.39, 0.29) is 0 Å². The van der Waals surface area contributed by atoms with E-state index in [1.54, 1.807) is 0 Å². The molecule has 0 spiro atoms. The lowest BCUT2D eigenvalue weighted by Crippen LogP contribution is -2.42. The molecule has 2 rings (SSSR count). The zero-order valence-corrected chi connectivity index (χ0v) is 8.57. The standard InChI is InChI=1S/C10H16N2S/c13-10(12-9-6-7-9)11-8-4-2-1-3-5-8/h2,4,8-9H,1,3,5-7H2,(H2,11,12,13). The minimum atomic E-state index is 0.465. The van der Waals surface area contributed by atoms with Gasteiger partial charge in [-0.2, -0.15) is 0 Å². The van der Waals surface area contributed by atoms with Crippen LogP contribution in [0.2, 0.25) is 0 Å². The van der Waals surface area contributed by atoms with Gasteiger partial charge in [0.25, 0.3) is 0 Å². The molecule has 1 fully saturated rings. The third-order valence-electron chi connectivity index (χ3n) is 2.48. The summed E-state index contributed by atoms with van der Waals surface area (Å²) in [6, 6.07) is 1.13. The molecule has 0 aliphatic heterocycles. The second-order valence-corrected chi connectivity index (χ2v) is 4.27. The van der Waals surface area contributed by atoms with Gasteiger partial charge >= 0.3 is 0 Å². The van der Waals surface area contributed by atoms with Crippen LogP contribution < -0.4 is 10.6 Å². The van der Waals surface area contributed by atoms with Gasteiger partial charge < -0.3 is 10.6 Å². The zero-order chi connectivity index (χ0) is 9.10. The maximum absolute atomic E-state index is 5.19. The van der Waals surface area contributed by atoms with E-state index in [9.17, 15) is 0 Å². The highest BCUT2D eigenvalue weighted by atomic mass is 32.1. The van der Waals surface area contributed by atoms with Gasteiger partial charge in [-0.15, -0.1) is 0 Å². The summed E-state index contributed by atoms with van der Waals surface area (Å²) in [5.41, 5.74) is 0. The Balaban J connectivity index is 1.72. The highest BCUT2D eigenvalue weighted by Crippen LogP contribution is 2.18. The molecule has 1 atom stereocenters. The molecule has 3 heteroatoms. The topological polar surface area (TPSA) is 24.1 Å². The minimum Gasteiger partial charge on any atom is -0.360 e. The number of hydrogen-bond acceptors (Lipinski definition) is 1. The van der Waals surface area contributed by atoms with Crippen LogP contribution in [-0.4, -0.2) is 17.2 Å². The van der Waals surface area contributed by atoms with Crippen molar-refractivity contribution in [2.45, 2.75) is 44.2 Å². The molecular weight excluding hydrogens is 180 g/mol. The smallest absolute Gasteiger partial charge is 0.166 e. The monoisotopic (exact) mass is 196 g/mol. The van der Waals surface area contributed by atoms with Crippen molar-refractivity contribution in [2.24, 2.45) is 0 Å². The average molecular weight is 196 g/mol. The van der Waals surface area contributed by atoms with Crippen molar-refractivity contribution in [1.82, 2.24) is 10.6 Å². The number of nitrogens with one attached hydrogen (secondary N) is 2. The second-order valence-electron chi connectivity index (χ2n) is 3.86. The summed E-state index contributed by atoms with van der Waals surface area (Å²) in [5.74, 6) is 0. The van der Waals surface area contributed by atoms with E-state index in [4.69, 9.17) is 12.2 Å². The fourth-order valence-electron chi connectivity index (χ4n) is 1.56. The minimum absolute atomic E-state index is 0.465. The summed E-state index contributed by atoms with van der Waals surface area (Å²) in [6.45, 7) is 0. The van der Waals surface area contributed by atoms with Crippen molar-refractivity contribution in [2.75, 3.05) is 0 Å². The lowest BCUT2D eigenvalue weighted by molar-refractivity contribution is 0.595. The van der Waals surface area contributed by atoms with Crippen LogP contribution in [0.4, 0.5) is 0 Å². The van der Waals surface area contributed by atoms with Crippen LogP contribution in [-0.2, 0) is 0 Å². The second kappa shape index (κ2) is 4.09. The summed E-state index contributed by atoms with van der Waals surface area (Å²) in [5, 5.41) is 7.44. The predicted molar refractivity (Wildman–Crippen MR) is 58.7 cm³/mol. The molecule has 0 amide bonds. The van der Waals surface area contributed by atoms with Crippen LogP contribution in [0.3, 0.4) is 0 Å². The van der Waals surface area contributed by atoms with Gasteiger partial charge in [0, 0.05) is 12.1 Å². The first-order valence-electron chi connectivity index (χ1n) is 5.08. The molecule has 1 saturated carbocycles. The number of allylic oxidation sites excluding steroid dienone is 1. The third kappa shape index (κ3) is 2.99. The summed E-state index contributed by atoms with van der Waals surface area (Å²) in [7, 11) is 0. The first-order valence-corrected chi connectivity index (χ1v) is 5.49. The molecule has 2 aliphatic carbocycles. The molecule has 0 aromatic rings. The summed E-state index contributed by atoms with van der Waals surface area (Å²) < 4.78 is 0. The van der Waals surface area contributed by atoms with E-state index in [1.165, 1.54) is 32.1 Å². The summed E-state index contributed by atoms with van der Waals surface area (Å²) >= 11 is 5.19. The normalized spacial score (nSPS) is 26.9. The van der Waals surface area contributed by atoms with Crippen molar-refractivity contribution in [1.29, 1.82) is 0 Å². The van der Waals surface area contributed by atoms with Crippen molar-refractivity contribution in [3.05, 3.63) is 12.2 Å². The molecule has 13 heavy (non-hydrogen) atoms. The van der Waals surface area contributed by atoms with Gasteiger partial charge in [0.05, 0.1) is 0 Å². The number of hydrogen-bond donors (Lipinski definition) is 2. The average Bonchev–Trinajstić information content (AvgIpc) is 2.90. The van der Waals surface area contributed by atoms with Gasteiger partial charge in [-0.1, -0.05) is 12.2 Å². The highest BCUT2D eigenvalue weighted by Gasteiger charge is 2.22. The molecule has 0 aromatic heterocycles. The van der Waals surface area contributed by atoms with Gasteiger partial charge in [-0.3, -0.25) is 0 Å². The Hall–Kier alpha value is -0.570. The molecule has 1 unspecified atom stereocenters. The Bertz CT molecular complexity index is 221. The van der Waals surface area contributed by atoms with Crippen LogP contribution >= 0.6 is 12.2 Å². The molecule has 2 N–H and O–H groups in total. The Morgan fingerprint density at radius 1 is 1.23 bits per heavy atom. The Morgan fingerprint density at radius 3 is 2.69 bits per heavy atom. The molecule has 0 radical (unpaired) electrons. The maximum atomic E-state index is 5.19. The highest BCUT2D eigenvalue weighted by molar-refractivity contribution is 7.80. The summed E-state index contributed by atoms with van der Waals surface area (Å²) in [4.78, 5) is 0. The largest absolute Gasteiger partial charge is 0.360 e. The van der Waals surface area contributed by atoms with Crippen LogP contribution in [0.1, 0.15) is 32.1 Å². The summed E-state index contributed by atoms with van der Waals surface area (Å²) in [6.07, 6.45) is 10.7. The van der Waals surface area contributed by atoms with E-state index < -0.39 is 0 Å². The van der Waals surface area contributed by atoms with Crippen molar-refractivity contribution < 1.29 is 0 Å². The van der Waals surface area contributed by atoms with Gasteiger partial charge in [0.2, 0.25) is 0 Å². The van der Waals surface area contributed by atoms with Crippen LogP contribution in [0.25, 0.3) is 0 Å². The predicted octanol–water partition coefficient (Wildman–Crippen LogP) is 1.72. The van der Waals surface area contributed by atoms with Gasteiger partial charge in [0.15, 0.2) is 5.11 Å². The van der Waals surface area contributed by atoms with Crippen molar-refractivity contribution in [3.63, 3.8) is 0 Å².